The van der Waals surface area contributed by atoms with Gasteiger partial charge in [0.05, 0.1) is 11.8 Å². The molecular formula is C12H18N2O2. The maximum Gasteiger partial charge on any atom is 0.109 e. The Labute approximate surface area is 95.3 Å². The summed E-state index contributed by atoms with van der Waals surface area (Å²) in [6.07, 6.45) is 5.85. The third-order valence-corrected chi connectivity index (χ3v) is 3.54. The summed E-state index contributed by atoms with van der Waals surface area (Å²) in [7, 11) is 0. The number of imidazole rings is 1. The highest BCUT2D eigenvalue weighted by atomic mass is 16.5. The van der Waals surface area contributed by atoms with Crippen molar-refractivity contribution in [2.75, 3.05) is 13.2 Å². The van der Waals surface area contributed by atoms with Crippen molar-refractivity contribution in [3.05, 3.63) is 17.7 Å². The number of aliphatic hydroxyl groups excluding tert-OH is 1. The zero-order valence-electron chi connectivity index (χ0n) is 9.43. The van der Waals surface area contributed by atoms with Crippen LogP contribution in [0.25, 0.3) is 0 Å². The van der Waals surface area contributed by atoms with Gasteiger partial charge in [-0.3, -0.25) is 0 Å². The molecule has 2 unspecified atom stereocenters. The topological polar surface area (TPSA) is 47.3 Å². The normalized spacial score (nSPS) is 29.3. The molecule has 0 bridgehead atoms. The number of hydrogen-bond acceptors (Lipinski definition) is 3. The number of ether oxygens (including phenoxy) is 1. The molecule has 88 valence electrons. The number of aromatic nitrogens is 2. The van der Waals surface area contributed by atoms with Gasteiger partial charge in [-0.25, -0.2) is 4.98 Å². The summed E-state index contributed by atoms with van der Waals surface area (Å²) < 4.78 is 7.48. The van der Waals surface area contributed by atoms with E-state index in [1.54, 1.807) is 0 Å². The molecule has 1 aromatic rings. The lowest BCUT2D eigenvalue weighted by Gasteiger charge is -2.18. The zero-order chi connectivity index (χ0) is 11.0. The van der Waals surface area contributed by atoms with Gasteiger partial charge in [-0.05, 0) is 25.2 Å². The molecule has 0 aliphatic carbocycles. The third-order valence-electron chi connectivity index (χ3n) is 3.54. The second kappa shape index (κ2) is 4.18. The molecule has 1 N–H and O–H groups in total. The van der Waals surface area contributed by atoms with E-state index in [2.05, 4.69) is 15.7 Å². The van der Waals surface area contributed by atoms with Gasteiger partial charge in [-0.15, -0.1) is 0 Å². The Morgan fingerprint density at radius 3 is 3.25 bits per heavy atom. The first-order valence-electron chi connectivity index (χ1n) is 6.12. The van der Waals surface area contributed by atoms with Gasteiger partial charge in [0.2, 0.25) is 0 Å². The van der Waals surface area contributed by atoms with Crippen molar-refractivity contribution >= 4 is 0 Å². The molecule has 2 aliphatic rings. The second-order valence-corrected chi connectivity index (χ2v) is 4.93. The average Bonchev–Trinajstić information content (AvgIpc) is 2.86. The largest absolute Gasteiger partial charge is 0.391 e. The Kier molecular flexibility index (Phi) is 2.69. The van der Waals surface area contributed by atoms with E-state index < -0.39 is 0 Å². The van der Waals surface area contributed by atoms with E-state index in [-0.39, 0.29) is 6.10 Å². The maximum atomic E-state index is 9.58. The molecule has 0 amide bonds. The molecule has 1 aromatic heterocycles. The fraction of sp³-hybridized carbons (Fsp3) is 0.750. The van der Waals surface area contributed by atoms with Gasteiger partial charge in [0, 0.05) is 32.4 Å². The van der Waals surface area contributed by atoms with Gasteiger partial charge < -0.3 is 14.4 Å². The fourth-order valence-corrected chi connectivity index (χ4v) is 2.62. The Balaban J connectivity index is 1.71. The maximum absolute atomic E-state index is 9.58. The van der Waals surface area contributed by atoms with Crippen LogP contribution in [0.2, 0.25) is 0 Å². The number of aliphatic hydroxyl groups is 1. The summed E-state index contributed by atoms with van der Waals surface area (Å²) in [6, 6.07) is 0. The van der Waals surface area contributed by atoms with Gasteiger partial charge in [-0.2, -0.15) is 0 Å². The zero-order valence-corrected chi connectivity index (χ0v) is 9.43. The summed E-state index contributed by atoms with van der Waals surface area (Å²) in [5.41, 5.74) is 1.17. The summed E-state index contributed by atoms with van der Waals surface area (Å²) in [5.74, 6) is 1.78. The van der Waals surface area contributed by atoms with Crippen molar-refractivity contribution in [3.8, 4) is 0 Å². The first-order valence-corrected chi connectivity index (χ1v) is 6.12. The molecule has 0 saturated carbocycles. The standard InChI is InChI=1S/C12H18N2O2/c15-11-1-2-12-13-10(6-14(12)7-11)5-9-3-4-16-8-9/h6,9,11,15H,1-5,7-8H2. The lowest BCUT2D eigenvalue weighted by Crippen LogP contribution is -2.23. The highest BCUT2D eigenvalue weighted by Crippen LogP contribution is 2.20. The van der Waals surface area contributed by atoms with E-state index >= 15 is 0 Å². The SMILES string of the molecule is OC1CCc2nc(CC3CCOC3)cn2C1. The van der Waals surface area contributed by atoms with Gasteiger partial charge in [0.15, 0.2) is 0 Å². The first kappa shape index (κ1) is 10.3. The summed E-state index contributed by atoms with van der Waals surface area (Å²) in [6.45, 7) is 2.49. The molecule has 0 aromatic carbocycles. The van der Waals surface area contributed by atoms with E-state index in [4.69, 9.17) is 4.74 Å². The number of rotatable bonds is 2. The molecule has 0 radical (unpaired) electrons. The number of nitrogens with zero attached hydrogens (tertiary/aromatic N) is 2. The minimum absolute atomic E-state index is 0.190. The van der Waals surface area contributed by atoms with Crippen molar-refractivity contribution in [1.29, 1.82) is 0 Å². The molecule has 1 fully saturated rings. The summed E-state index contributed by atoms with van der Waals surface area (Å²) in [4.78, 5) is 4.65. The van der Waals surface area contributed by atoms with Crippen molar-refractivity contribution in [3.63, 3.8) is 0 Å². The average molecular weight is 222 g/mol. The Bertz CT molecular complexity index is 369. The monoisotopic (exact) mass is 222 g/mol. The van der Waals surface area contributed by atoms with Crippen LogP contribution in [0.15, 0.2) is 6.20 Å². The number of hydrogen-bond donors (Lipinski definition) is 1. The highest BCUT2D eigenvalue weighted by molar-refractivity contribution is 5.08. The number of fused-ring (bicyclic) bond motifs is 1. The first-order chi connectivity index (χ1) is 7.81. The van der Waals surface area contributed by atoms with Crippen LogP contribution in [0.3, 0.4) is 0 Å². The minimum atomic E-state index is -0.190. The van der Waals surface area contributed by atoms with Crippen LogP contribution >= 0.6 is 0 Å². The van der Waals surface area contributed by atoms with Gasteiger partial charge in [0.1, 0.15) is 5.82 Å². The molecule has 16 heavy (non-hydrogen) atoms. The number of aryl methyl sites for hydroxylation is 1. The van der Waals surface area contributed by atoms with Crippen LogP contribution in [0.5, 0.6) is 0 Å². The van der Waals surface area contributed by atoms with Crippen LogP contribution in [0.4, 0.5) is 0 Å². The van der Waals surface area contributed by atoms with Gasteiger partial charge >= 0.3 is 0 Å². The quantitative estimate of drug-likeness (QED) is 0.804. The van der Waals surface area contributed by atoms with Crippen LogP contribution < -0.4 is 0 Å². The van der Waals surface area contributed by atoms with Crippen LogP contribution in [0, 0.1) is 5.92 Å². The molecular weight excluding hydrogens is 204 g/mol. The van der Waals surface area contributed by atoms with Crippen LogP contribution in [-0.2, 0) is 24.1 Å². The predicted octanol–water partition coefficient (Wildman–Crippen LogP) is 0.769. The van der Waals surface area contributed by atoms with E-state index in [0.29, 0.717) is 12.5 Å². The van der Waals surface area contributed by atoms with E-state index in [9.17, 15) is 5.11 Å². The van der Waals surface area contributed by atoms with E-state index in [1.165, 1.54) is 5.69 Å². The summed E-state index contributed by atoms with van der Waals surface area (Å²) in [5, 5.41) is 9.58. The molecule has 3 heterocycles. The van der Waals surface area contributed by atoms with Gasteiger partial charge in [0.25, 0.3) is 0 Å². The molecule has 1 saturated heterocycles. The van der Waals surface area contributed by atoms with E-state index in [1.807, 2.05) is 0 Å². The Hall–Kier alpha value is -0.870. The highest BCUT2D eigenvalue weighted by Gasteiger charge is 2.21. The van der Waals surface area contributed by atoms with E-state index in [0.717, 1.165) is 44.7 Å². The Morgan fingerprint density at radius 2 is 2.44 bits per heavy atom. The van der Waals surface area contributed by atoms with Crippen molar-refractivity contribution in [1.82, 2.24) is 9.55 Å². The molecule has 4 nitrogen and oxygen atoms in total. The lowest BCUT2D eigenvalue weighted by molar-refractivity contribution is 0.130. The van der Waals surface area contributed by atoms with Crippen LogP contribution in [-0.4, -0.2) is 34.0 Å². The lowest BCUT2D eigenvalue weighted by atomic mass is 10.0. The van der Waals surface area contributed by atoms with Crippen LogP contribution in [0.1, 0.15) is 24.4 Å². The molecule has 2 atom stereocenters. The van der Waals surface area contributed by atoms with Crippen molar-refractivity contribution in [2.24, 2.45) is 5.92 Å². The fourth-order valence-electron chi connectivity index (χ4n) is 2.62. The Morgan fingerprint density at radius 1 is 1.50 bits per heavy atom. The van der Waals surface area contributed by atoms with Gasteiger partial charge in [-0.1, -0.05) is 0 Å². The second-order valence-electron chi connectivity index (χ2n) is 4.93. The molecule has 2 aliphatic heterocycles. The minimum Gasteiger partial charge on any atom is -0.391 e. The predicted molar refractivity (Wildman–Crippen MR) is 59.2 cm³/mol. The van der Waals surface area contributed by atoms with Crippen molar-refractivity contribution < 1.29 is 9.84 Å². The molecule has 4 heteroatoms. The third kappa shape index (κ3) is 1.99. The van der Waals surface area contributed by atoms with Crippen molar-refractivity contribution in [2.45, 2.75) is 38.3 Å². The molecule has 0 spiro atoms. The summed E-state index contributed by atoms with van der Waals surface area (Å²) >= 11 is 0. The smallest absolute Gasteiger partial charge is 0.109 e. The molecule has 3 rings (SSSR count).